The van der Waals surface area contributed by atoms with E-state index in [0.29, 0.717) is 0 Å². The van der Waals surface area contributed by atoms with Crippen LogP contribution in [0, 0.1) is 0 Å². The second kappa shape index (κ2) is 6.66. The number of hydrogen-bond donors (Lipinski definition) is 2. The van der Waals surface area contributed by atoms with E-state index in [1.54, 1.807) is 0 Å². The van der Waals surface area contributed by atoms with Gasteiger partial charge < -0.3 is 15.4 Å². The van der Waals surface area contributed by atoms with Crippen molar-refractivity contribution in [2.24, 2.45) is 4.99 Å². The number of ether oxygens (including phenoxy) is 1. The fourth-order valence-corrected chi connectivity index (χ4v) is 2.69. The van der Waals surface area contributed by atoms with Gasteiger partial charge in [-0.3, -0.25) is 4.99 Å². The number of benzene rings is 1. The van der Waals surface area contributed by atoms with Crippen molar-refractivity contribution in [3.05, 3.63) is 41.2 Å². The van der Waals surface area contributed by atoms with Crippen molar-refractivity contribution in [3.63, 3.8) is 0 Å². The molecule has 112 valence electrons. The Morgan fingerprint density at radius 3 is 2.48 bits per heavy atom. The molecule has 3 rings (SSSR count). The average Bonchev–Trinajstić information content (AvgIpc) is 2.53. The van der Waals surface area contributed by atoms with Crippen LogP contribution in [0.25, 0.3) is 5.70 Å². The minimum atomic E-state index is 0.815. The molecule has 0 aromatic heterocycles. The predicted octanol–water partition coefficient (Wildman–Crippen LogP) is 2.52. The van der Waals surface area contributed by atoms with Crippen molar-refractivity contribution in [1.29, 1.82) is 0 Å². The molecule has 2 aliphatic heterocycles. The summed E-state index contributed by atoms with van der Waals surface area (Å²) in [5, 5.41) is 6.85. The summed E-state index contributed by atoms with van der Waals surface area (Å²) in [5.41, 5.74) is 3.44. The molecule has 0 spiro atoms. The van der Waals surface area contributed by atoms with Crippen LogP contribution in [0.2, 0.25) is 0 Å². The maximum absolute atomic E-state index is 5.78. The van der Waals surface area contributed by atoms with Crippen LogP contribution in [0.5, 0.6) is 0 Å². The topological polar surface area (TPSA) is 45.7 Å². The Hall–Kier alpha value is -1.97. The first-order valence-electron chi connectivity index (χ1n) is 7.81. The van der Waals surface area contributed by atoms with Crippen molar-refractivity contribution in [2.75, 3.05) is 26.2 Å². The fourth-order valence-electron chi connectivity index (χ4n) is 2.69. The molecule has 2 N–H and O–H groups in total. The maximum Gasteiger partial charge on any atom is 0.128 e. The summed E-state index contributed by atoms with van der Waals surface area (Å²) in [6.07, 6.45) is 3.38. The van der Waals surface area contributed by atoms with Crippen molar-refractivity contribution in [3.8, 4) is 0 Å². The third-order valence-electron chi connectivity index (χ3n) is 3.89. The number of nitrogens with one attached hydrogen (secondary N) is 2. The normalized spacial score (nSPS) is 19.6. The molecule has 0 bridgehead atoms. The minimum absolute atomic E-state index is 0.815. The Morgan fingerprint density at radius 1 is 0.952 bits per heavy atom. The summed E-state index contributed by atoms with van der Waals surface area (Å²) in [4.78, 5) is 4.54. The van der Waals surface area contributed by atoms with Gasteiger partial charge in [0.05, 0.1) is 12.3 Å². The fraction of sp³-hybridized carbons (Fsp3) is 0.471. The SMILES string of the molecule is CC1=C(c2ccc(C3=NCCCN3)cc2)NCCCCO1. The average molecular weight is 285 g/mol. The first-order valence-corrected chi connectivity index (χ1v) is 7.81. The lowest BCUT2D eigenvalue weighted by Gasteiger charge is -2.20. The second-order valence-electron chi connectivity index (χ2n) is 5.50. The van der Waals surface area contributed by atoms with Gasteiger partial charge >= 0.3 is 0 Å². The molecule has 0 saturated carbocycles. The predicted molar refractivity (Wildman–Crippen MR) is 86.2 cm³/mol. The number of aliphatic imine (C=N–C) groups is 1. The zero-order valence-electron chi connectivity index (χ0n) is 12.6. The van der Waals surface area contributed by atoms with Gasteiger partial charge in [-0.05, 0) is 26.2 Å². The molecule has 21 heavy (non-hydrogen) atoms. The molecule has 0 aliphatic carbocycles. The third kappa shape index (κ3) is 3.38. The molecule has 0 radical (unpaired) electrons. The number of allylic oxidation sites excluding steroid dienone is 1. The summed E-state index contributed by atoms with van der Waals surface area (Å²) < 4.78 is 5.78. The van der Waals surface area contributed by atoms with Crippen LogP contribution in [-0.2, 0) is 4.74 Å². The molecule has 0 atom stereocenters. The van der Waals surface area contributed by atoms with E-state index in [1.165, 1.54) is 5.56 Å². The van der Waals surface area contributed by atoms with Crippen molar-refractivity contribution in [1.82, 2.24) is 10.6 Å². The van der Waals surface area contributed by atoms with Crippen molar-refractivity contribution < 1.29 is 4.74 Å². The van der Waals surface area contributed by atoms with Crippen molar-refractivity contribution in [2.45, 2.75) is 26.2 Å². The van der Waals surface area contributed by atoms with E-state index >= 15 is 0 Å². The molecule has 0 amide bonds. The maximum atomic E-state index is 5.78. The van der Waals surface area contributed by atoms with E-state index in [-0.39, 0.29) is 0 Å². The first kappa shape index (κ1) is 14.0. The quantitative estimate of drug-likeness (QED) is 0.877. The number of amidine groups is 1. The molecule has 0 unspecified atom stereocenters. The molecule has 4 heteroatoms. The molecule has 4 nitrogen and oxygen atoms in total. The van der Waals surface area contributed by atoms with Crippen LogP contribution in [0.1, 0.15) is 37.3 Å². The summed E-state index contributed by atoms with van der Waals surface area (Å²) in [6.45, 7) is 5.79. The van der Waals surface area contributed by atoms with Crippen LogP contribution in [-0.4, -0.2) is 32.1 Å². The highest BCUT2D eigenvalue weighted by atomic mass is 16.5. The molecule has 2 heterocycles. The van der Waals surface area contributed by atoms with Gasteiger partial charge in [0.2, 0.25) is 0 Å². The Labute approximate surface area is 126 Å². The molecule has 1 aromatic carbocycles. The van der Waals surface area contributed by atoms with Crippen molar-refractivity contribution >= 4 is 11.5 Å². The van der Waals surface area contributed by atoms with Crippen LogP contribution < -0.4 is 10.6 Å². The smallest absolute Gasteiger partial charge is 0.128 e. The Morgan fingerprint density at radius 2 is 1.71 bits per heavy atom. The number of nitrogens with zero attached hydrogens (tertiary/aromatic N) is 1. The van der Waals surface area contributed by atoms with E-state index in [4.69, 9.17) is 4.74 Å². The highest BCUT2D eigenvalue weighted by molar-refractivity contribution is 5.99. The summed E-state index contributed by atoms with van der Waals surface area (Å²) in [6, 6.07) is 8.55. The van der Waals surface area contributed by atoms with Gasteiger partial charge in [-0.2, -0.15) is 0 Å². The molecule has 0 fully saturated rings. The van der Waals surface area contributed by atoms with Gasteiger partial charge in [0.25, 0.3) is 0 Å². The van der Waals surface area contributed by atoms with Crippen LogP contribution in [0.3, 0.4) is 0 Å². The molecular weight excluding hydrogens is 262 g/mol. The van der Waals surface area contributed by atoms with E-state index in [0.717, 1.165) is 68.4 Å². The second-order valence-corrected chi connectivity index (χ2v) is 5.50. The van der Waals surface area contributed by atoms with Crippen LogP contribution >= 0.6 is 0 Å². The lowest BCUT2D eigenvalue weighted by atomic mass is 10.1. The molecule has 2 aliphatic rings. The highest BCUT2D eigenvalue weighted by Gasteiger charge is 2.11. The zero-order chi connectivity index (χ0) is 14.5. The van der Waals surface area contributed by atoms with Crippen LogP contribution in [0.15, 0.2) is 35.0 Å². The monoisotopic (exact) mass is 285 g/mol. The largest absolute Gasteiger partial charge is 0.496 e. The Kier molecular flexibility index (Phi) is 4.43. The van der Waals surface area contributed by atoms with E-state index in [9.17, 15) is 0 Å². The zero-order valence-corrected chi connectivity index (χ0v) is 12.6. The minimum Gasteiger partial charge on any atom is -0.496 e. The molecular formula is C17H23N3O. The third-order valence-corrected chi connectivity index (χ3v) is 3.89. The molecule has 0 saturated heterocycles. The number of hydrogen-bond acceptors (Lipinski definition) is 4. The van der Waals surface area contributed by atoms with Gasteiger partial charge in [-0.15, -0.1) is 0 Å². The number of rotatable bonds is 2. The van der Waals surface area contributed by atoms with E-state index < -0.39 is 0 Å². The van der Waals surface area contributed by atoms with Gasteiger partial charge in [-0.25, -0.2) is 0 Å². The van der Waals surface area contributed by atoms with E-state index in [2.05, 4.69) is 39.9 Å². The van der Waals surface area contributed by atoms with E-state index in [1.807, 2.05) is 6.92 Å². The van der Waals surface area contributed by atoms with Gasteiger partial charge in [0.15, 0.2) is 0 Å². The summed E-state index contributed by atoms with van der Waals surface area (Å²) in [7, 11) is 0. The highest BCUT2D eigenvalue weighted by Crippen LogP contribution is 2.20. The van der Waals surface area contributed by atoms with Gasteiger partial charge in [0, 0.05) is 30.8 Å². The van der Waals surface area contributed by atoms with Gasteiger partial charge in [0.1, 0.15) is 11.6 Å². The van der Waals surface area contributed by atoms with Crippen LogP contribution in [0.4, 0.5) is 0 Å². The lowest BCUT2D eigenvalue weighted by Crippen LogP contribution is -2.30. The lowest BCUT2D eigenvalue weighted by molar-refractivity contribution is 0.204. The summed E-state index contributed by atoms with van der Waals surface area (Å²) in [5.74, 6) is 2.00. The molecule has 1 aromatic rings. The Balaban J connectivity index is 1.82. The Bertz CT molecular complexity index is 546. The first-order chi connectivity index (χ1) is 10.3. The van der Waals surface area contributed by atoms with Gasteiger partial charge in [-0.1, -0.05) is 24.3 Å². The standard InChI is InChI=1S/C17H23N3O/c1-13-16(18-9-2-3-12-21-13)14-5-7-15(8-6-14)17-19-10-4-11-20-17/h5-8,18H,2-4,9-12H2,1H3,(H,19,20). The summed E-state index contributed by atoms with van der Waals surface area (Å²) >= 11 is 0.